The first-order valence-corrected chi connectivity index (χ1v) is 10.6. The Balaban J connectivity index is 0.00000364. The summed E-state index contributed by atoms with van der Waals surface area (Å²) in [5, 5.41) is 6.45. The van der Waals surface area contributed by atoms with Gasteiger partial charge in [-0.1, -0.05) is 12.1 Å². The van der Waals surface area contributed by atoms with E-state index in [1.165, 1.54) is 0 Å². The molecule has 0 bridgehead atoms. The van der Waals surface area contributed by atoms with Gasteiger partial charge in [0.25, 0.3) is 0 Å². The summed E-state index contributed by atoms with van der Waals surface area (Å²) in [6.07, 6.45) is 2.79. The molecule has 154 valence electrons. The molecule has 1 saturated heterocycles. The van der Waals surface area contributed by atoms with Gasteiger partial charge in [0.2, 0.25) is 10.0 Å². The van der Waals surface area contributed by atoms with E-state index >= 15 is 0 Å². The molecule has 7 nitrogen and oxygen atoms in total. The normalized spacial score (nSPS) is 15.4. The largest absolute Gasteiger partial charge is 0.385 e. The summed E-state index contributed by atoms with van der Waals surface area (Å²) in [6, 6.07) is 7.02. The topological polar surface area (TPSA) is 83.0 Å². The predicted molar refractivity (Wildman–Crippen MR) is 119 cm³/mol. The zero-order valence-corrected chi connectivity index (χ0v) is 19.3. The van der Waals surface area contributed by atoms with Crippen LogP contribution in [0.2, 0.25) is 0 Å². The van der Waals surface area contributed by atoms with Gasteiger partial charge in [-0.25, -0.2) is 13.4 Å². The summed E-state index contributed by atoms with van der Waals surface area (Å²) in [4.78, 5) is 4.90. The molecule has 0 saturated carbocycles. The Morgan fingerprint density at radius 2 is 1.85 bits per heavy atom. The van der Waals surface area contributed by atoms with Crippen molar-refractivity contribution >= 4 is 40.0 Å². The Kier molecular flexibility index (Phi) is 11.2. The first kappa shape index (κ1) is 24.1. The molecule has 1 aliphatic heterocycles. The van der Waals surface area contributed by atoms with Crippen LogP contribution in [0.5, 0.6) is 0 Å². The Labute approximate surface area is 180 Å². The van der Waals surface area contributed by atoms with Crippen molar-refractivity contribution in [1.29, 1.82) is 0 Å². The molecular formula is C18H31IN4O3S. The van der Waals surface area contributed by atoms with E-state index in [2.05, 4.69) is 15.6 Å². The molecule has 2 rings (SSSR count). The zero-order chi connectivity index (χ0) is 18.8. The van der Waals surface area contributed by atoms with Crippen molar-refractivity contribution in [2.24, 2.45) is 4.99 Å². The van der Waals surface area contributed by atoms with Gasteiger partial charge < -0.3 is 15.4 Å². The highest BCUT2D eigenvalue weighted by atomic mass is 127. The molecular weight excluding hydrogens is 479 g/mol. The van der Waals surface area contributed by atoms with E-state index in [1.807, 2.05) is 19.1 Å². The maximum Gasteiger partial charge on any atom is 0.243 e. The molecule has 2 N–H and O–H groups in total. The lowest BCUT2D eigenvalue weighted by Crippen LogP contribution is -2.38. The molecule has 0 radical (unpaired) electrons. The van der Waals surface area contributed by atoms with E-state index in [9.17, 15) is 8.42 Å². The summed E-state index contributed by atoms with van der Waals surface area (Å²) in [5.74, 6) is 0.748. The standard InChI is InChI=1S/C18H30N4O3S.HI/c1-3-19-18(20-11-6-14-25-2)21-15-16-7-9-17(10-8-16)26(23,24)22-12-4-5-13-22;/h7-10H,3-6,11-15H2,1-2H3,(H2,19,20,21);1H. The number of sulfonamides is 1. The van der Waals surface area contributed by atoms with Crippen LogP contribution in [0.25, 0.3) is 0 Å². The summed E-state index contributed by atoms with van der Waals surface area (Å²) >= 11 is 0. The van der Waals surface area contributed by atoms with Gasteiger partial charge >= 0.3 is 0 Å². The van der Waals surface area contributed by atoms with E-state index in [4.69, 9.17) is 4.74 Å². The number of halogens is 1. The van der Waals surface area contributed by atoms with Crippen molar-refractivity contribution in [3.63, 3.8) is 0 Å². The van der Waals surface area contributed by atoms with Gasteiger partial charge in [0.05, 0.1) is 11.4 Å². The molecule has 1 aromatic rings. The molecule has 1 fully saturated rings. The van der Waals surface area contributed by atoms with Gasteiger partial charge in [0, 0.05) is 39.9 Å². The van der Waals surface area contributed by atoms with Gasteiger partial charge in [-0.2, -0.15) is 4.31 Å². The quantitative estimate of drug-likeness (QED) is 0.230. The summed E-state index contributed by atoms with van der Waals surface area (Å²) in [6.45, 7) is 6.02. The average Bonchev–Trinajstić information content (AvgIpc) is 3.19. The Hall–Kier alpha value is -0.910. The molecule has 0 spiro atoms. The van der Waals surface area contributed by atoms with E-state index in [0.29, 0.717) is 31.1 Å². The first-order chi connectivity index (χ1) is 12.6. The summed E-state index contributed by atoms with van der Waals surface area (Å²) in [5.41, 5.74) is 0.972. The highest BCUT2D eigenvalue weighted by Crippen LogP contribution is 2.21. The molecule has 1 heterocycles. The number of ether oxygens (including phenoxy) is 1. The molecule has 0 atom stereocenters. The number of nitrogens with one attached hydrogen (secondary N) is 2. The number of benzene rings is 1. The van der Waals surface area contributed by atoms with Crippen LogP contribution in [-0.4, -0.2) is 58.6 Å². The first-order valence-electron chi connectivity index (χ1n) is 9.18. The van der Waals surface area contributed by atoms with E-state index in [1.54, 1.807) is 23.5 Å². The third kappa shape index (κ3) is 7.55. The minimum atomic E-state index is -3.35. The molecule has 0 amide bonds. The lowest BCUT2D eigenvalue weighted by Gasteiger charge is -2.15. The Morgan fingerprint density at radius 1 is 1.19 bits per heavy atom. The van der Waals surface area contributed by atoms with Crippen molar-refractivity contribution < 1.29 is 13.2 Å². The van der Waals surface area contributed by atoms with Crippen molar-refractivity contribution in [3.05, 3.63) is 29.8 Å². The molecule has 27 heavy (non-hydrogen) atoms. The van der Waals surface area contributed by atoms with Crippen LogP contribution >= 0.6 is 24.0 Å². The zero-order valence-electron chi connectivity index (χ0n) is 16.1. The Bertz CT molecular complexity index is 674. The number of aliphatic imine (C=N–C) groups is 1. The van der Waals surface area contributed by atoms with Gasteiger partial charge in [-0.3, -0.25) is 0 Å². The SMILES string of the molecule is CCNC(=NCc1ccc(S(=O)(=O)N2CCCC2)cc1)NCCCOC.I. The van der Waals surface area contributed by atoms with Crippen LogP contribution in [0.1, 0.15) is 31.7 Å². The van der Waals surface area contributed by atoms with Crippen LogP contribution < -0.4 is 10.6 Å². The molecule has 1 aliphatic rings. The number of hydrogen-bond acceptors (Lipinski definition) is 4. The van der Waals surface area contributed by atoms with Crippen molar-refractivity contribution in [1.82, 2.24) is 14.9 Å². The van der Waals surface area contributed by atoms with Crippen LogP contribution in [0.4, 0.5) is 0 Å². The second kappa shape index (κ2) is 12.5. The maximum atomic E-state index is 12.5. The van der Waals surface area contributed by atoms with Gasteiger partial charge in [0.1, 0.15) is 0 Å². The van der Waals surface area contributed by atoms with Crippen molar-refractivity contribution in [3.8, 4) is 0 Å². The second-order valence-corrected chi connectivity index (χ2v) is 8.16. The number of rotatable bonds is 9. The predicted octanol–water partition coefficient (Wildman–Crippen LogP) is 2.18. The third-order valence-corrected chi connectivity index (χ3v) is 6.12. The van der Waals surface area contributed by atoms with Crippen molar-refractivity contribution in [2.75, 3.05) is 39.9 Å². The van der Waals surface area contributed by atoms with Crippen LogP contribution in [-0.2, 0) is 21.3 Å². The van der Waals surface area contributed by atoms with E-state index in [-0.39, 0.29) is 24.0 Å². The smallest absolute Gasteiger partial charge is 0.243 e. The Morgan fingerprint density at radius 3 is 2.44 bits per heavy atom. The summed E-state index contributed by atoms with van der Waals surface area (Å²) in [7, 11) is -1.66. The van der Waals surface area contributed by atoms with Gasteiger partial charge in [-0.05, 0) is 43.9 Å². The molecule has 1 aromatic carbocycles. The fraction of sp³-hybridized carbons (Fsp3) is 0.611. The summed E-state index contributed by atoms with van der Waals surface area (Å²) < 4.78 is 31.7. The number of nitrogens with zero attached hydrogens (tertiary/aromatic N) is 2. The molecule has 9 heteroatoms. The number of methoxy groups -OCH3 is 1. The monoisotopic (exact) mass is 510 g/mol. The van der Waals surface area contributed by atoms with Crippen molar-refractivity contribution in [2.45, 2.75) is 37.6 Å². The fourth-order valence-corrected chi connectivity index (χ4v) is 4.30. The minimum Gasteiger partial charge on any atom is -0.385 e. The van der Waals surface area contributed by atoms with E-state index in [0.717, 1.165) is 43.9 Å². The number of guanidine groups is 1. The average molecular weight is 510 g/mol. The second-order valence-electron chi connectivity index (χ2n) is 6.22. The van der Waals surface area contributed by atoms with Crippen LogP contribution in [0, 0.1) is 0 Å². The lowest BCUT2D eigenvalue weighted by atomic mass is 10.2. The minimum absolute atomic E-state index is 0. The number of hydrogen-bond donors (Lipinski definition) is 2. The van der Waals surface area contributed by atoms with Crippen LogP contribution in [0.3, 0.4) is 0 Å². The molecule has 0 unspecified atom stereocenters. The fourth-order valence-electron chi connectivity index (χ4n) is 2.78. The van der Waals surface area contributed by atoms with E-state index < -0.39 is 10.0 Å². The molecule has 0 aliphatic carbocycles. The molecule has 0 aromatic heterocycles. The van der Waals surface area contributed by atoms with Gasteiger partial charge in [-0.15, -0.1) is 24.0 Å². The third-order valence-electron chi connectivity index (χ3n) is 4.21. The highest BCUT2D eigenvalue weighted by molar-refractivity contribution is 14.0. The highest BCUT2D eigenvalue weighted by Gasteiger charge is 2.26. The van der Waals surface area contributed by atoms with Gasteiger partial charge in [0.15, 0.2) is 5.96 Å². The van der Waals surface area contributed by atoms with Crippen LogP contribution in [0.15, 0.2) is 34.2 Å². The maximum absolute atomic E-state index is 12.5. The lowest BCUT2D eigenvalue weighted by molar-refractivity contribution is 0.195.